The van der Waals surface area contributed by atoms with Gasteiger partial charge in [0.1, 0.15) is 5.75 Å². The highest BCUT2D eigenvalue weighted by Gasteiger charge is 2.42. The van der Waals surface area contributed by atoms with Crippen LogP contribution in [0.15, 0.2) is 76.3 Å². The van der Waals surface area contributed by atoms with Crippen molar-refractivity contribution in [2.45, 2.75) is 25.6 Å². The van der Waals surface area contributed by atoms with Gasteiger partial charge in [-0.3, -0.25) is 0 Å². The summed E-state index contributed by atoms with van der Waals surface area (Å²) < 4.78 is 18.9. The lowest BCUT2D eigenvalue weighted by atomic mass is 9.95. The SMILES string of the molecule is CCOc1cccc2c1O[C@H](c1cccc(OC)c1)N1N=C(c3ccc(Br)cc3)C[C@H]21. The second kappa shape index (κ2) is 8.27. The smallest absolute Gasteiger partial charge is 0.214 e. The largest absolute Gasteiger partial charge is 0.497 e. The number of hydrogen-bond acceptors (Lipinski definition) is 5. The van der Waals surface area contributed by atoms with Crippen LogP contribution in [0.25, 0.3) is 0 Å². The van der Waals surface area contributed by atoms with E-state index in [0.29, 0.717) is 6.61 Å². The summed E-state index contributed by atoms with van der Waals surface area (Å²) in [5.41, 5.74) is 4.25. The zero-order valence-corrected chi connectivity index (χ0v) is 19.0. The third-order valence-corrected chi connectivity index (χ3v) is 6.17. The molecule has 0 bridgehead atoms. The maximum atomic E-state index is 6.55. The van der Waals surface area contributed by atoms with Crippen molar-refractivity contribution in [3.05, 3.63) is 87.9 Å². The monoisotopic (exact) mass is 478 g/mol. The van der Waals surface area contributed by atoms with Crippen molar-refractivity contribution in [1.29, 1.82) is 0 Å². The van der Waals surface area contributed by atoms with E-state index in [2.05, 4.69) is 39.1 Å². The van der Waals surface area contributed by atoms with Gasteiger partial charge >= 0.3 is 0 Å². The summed E-state index contributed by atoms with van der Waals surface area (Å²) in [5.74, 6) is 2.35. The Kier molecular flexibility index (Phi) is 5.32. The molecule has 3 aromatic carbocycles. The van der Waals surface area contributed by atoms with Crippen molar-refractivity contribution in [2.24, 2.45) is 5.10 Å². The number of ether oxygens (including phenoxy) is 3. The number of hydrazone groups is 1. The minimum absolute atomic E-state index is 0.0685. The molecule has 0 unspecified atom stereocenters. The Labute approximate surface area is 190 Å². The lowest BCUT2D eigenvalue weighted by Gasteiger charge is -2.38. The molecule has 0 spiro atoms. The highest BCUT2D eigenvalue weighted by molar-refractivity contribution is 9.10. The van der Waals surface area contributed by atoms with Crippen LogP contribution in [0.4, 0.5) is 0 Å². The molecule has 2 aliphatic heterocycles. The minimum atomic E-state index is -0.373. The number of para-hydroxylation sites is 1. The molecular formula is C25H23BrN2O3. The first-order valence-electron chi connectivity index (χ1n) is 10.4. The van der Waals surface area contributed by atoms with Crippen LogP contribution in [0.2, 0.25) is 0 Å². The first-order valence-corrected chi connectivity index (χ1v) is 11.1. The normalized spacial score (nSPS) is 19.2. The van der Waals surface area contributed by atoms with Crippen LogP contribution in [0.5, 0.6) is 17.2 Å². The molecule has 2 heterocycles. The Hall–Kier alpha value is -2.99. The summed E-state index contributed by atoms with van der Waals surface area (Å²) in [6, 6.07) is 22.4. The first kappa shape index (κ1) is 19.9. The van der Waals surface area contributed by atoms with E-state index in [1.165, 1.54) is 0 Å². The van der Waals surface area contributed by atoms with E-state index in [-0.39, 0.29) is 12.3 Å². The molecule has 0 fully saturated rings. The molecule has 2 atom stereocenters. The molecule has 0 amide bonds. The van der Waals surface area contributed by atoms with Gasteiger partial charge in [0, 0.05) is 22.0 Å². The summed E-state index contributed by atoms with van der Waals surface area (Å²) in [4.78, 5) is 0. The Balaban J connectivity index is 1.61. The number of nitrogens with zero attached hydrogens (tertiary/aromatic N) is 2. The third-order valence-electron chi connectivity index (χ3n) is 5.64. The van der Waals surface area contributed by atoms with Gasteiger partial charge in [-0.1, -0.05) is 52.3 Å². The lowest BCUT2D eigenvalue weighted by Crippen LogP contribution is -2.34. The number of methoxy groups -OCH3 is 1. The van der Waals surface area contributed by atoms with Crippen LogP contribution in [0.3, 0.4) is 0 Å². The number of benzene rings is 3. The van der Waals surface area contributed by atoms with Crippen LogP contribution in [0, 0.1) is 0 Å². The molecule has 2 aliphatic rings. The first-order chi connectivity index (χ1) is 15.2. The van der Waals surface area contributed by atoms with Crippen molar-refractivity contribution < 1.29 is 14.2 Å². The summed E-state index contributed by atoms with van der Waals surface area (Å²) >= 11 is 3.52. The number of halogens is 1. The predicted molar refractivity (Wildman–Crippen MR) is 124 cm³/mol. The van der Waals surface area contributed by atoms with Gasteiger partial charge < -0.3 is 14.2 Å². The van der Waals surface area contributed by atoms with Crippen LogP contribution < -0.4 is 14.2 Å². The van der Waals surface area contributed by atoms with E-state index >= 15 is 0 Å². The van der Waals surface area contributed by atoms with E-state index < -0.39 is 0 Å². The summed E-state index contributed by atoms with van der Waals surface area (Å²) in [5, 5.41) is 7.10. The van der Waals surface area contributed by atoms with E-state index in [0.717, 1.165) is 50.5 Å². The van der Waals surface area contributed by atoms with E-state index in [9.17, 15) is 0 Å². The average Bonchev–Trinajstić information content (AvgIpc) is 3.25. The second-order valence-corrected chi connectivity index (χ2v) is 8.42. The van der Waals surface area contributed by atoms with E-state index in [4.69, 9.17) is 19.3 Å². The fourth-order valence-electron chi connectivity index (χ4n) is 4.18. The van der Waals surface area contributed by atoms with Gasteiger partial charge in [0.15, 0.2) is 11.5 Å². The fraction of sp³-hybridized carbons (Fsp3) is 0.240. The maximum Gasteiger partial charge on any atom is 0.214 e. The summed E-state index contributed by atoms with van der Waals surface area (Å²) in [7, 11) is 1.67. The topological polar surface area (TPSA) is 43.3 Å². The molecule has 3 aromatic rings. The van der Waals surface area contributed by atoms with Crippen LogP contribution in [-0.4, -0.2) is 24.4 Å². The van der Waals surface area contributed by atoms with Gasteiger partial charge in [-0.25, -0.2) is 5.01 Å². The zero-order valence-electron chi connectivity index (χ0n) is 17.4. The molecule has 0 aliphatic carbocycles. The average molecular weight is 479 g/mol. The van der Waals surface area contributed by atoms with E-state index in [1.807, 2.05) is 55.5 Å². The van der Waals surface area contributed by atoms with Crippen molar-refractivity contribution in [1.82, 2.24) is 5.01 Å². The minimum Gasteiger partial charge on any atom is -0.497 e. The standard InChI is InChI=1S/C25H23BrN2O3/c1-3-30-23-9-5-8-20-22-15-21(16-10-12-18(26)13-11-16)27-28(22)25(31-24(20)23)17-6-4-7-19(14-17)29-2/h4-14,22,25H,3,15H2,1-2H3/t22-,25-/m1/s1. The summed E-state index contributed by atoms with van der Waals surface area (Å²) in [6.07, 6.45) is 0.427. The van der Waals surface area contributed by atoms with Crippen molar-refractivity contribution in [3.63, 3.8) is 0 Å². The highest BCUT2D eigenvalue weighted by Crippen LogP contribution is 2.51. The molecule has 0 aromatic heterocycles. The third kappa shape index (κ3) is 3.65. The Morgan fingerprint density at radius 2 is 1.90 bits per heavy atom. The molecule has 0 saturated heterocycles. The summed E-state index contributed by atoms with van der Waals surface area (Å²) in [6.45, 7) is 2.57. The maximum absolute atomic E-state index is 6.55. The lowest BCUT2D eigenvalue weighted by molar-refractivity contribution is -0.0213. The fourth-order valence-corrected chi connectivity index (χ4v) is 4.45. The van der Waals surface area contributed by atoms with Crippen molar-refractivity contribution >= 4 is 21.6 Å². The quantitative estimate of drug-likeness (QED) is 0.444. The van der Waals surface area contributed by atoms with Gasteiger partial charge in [0.25, 0.3) is 0 Å². The molecule has 6 heteroatoms. The van der Waals surface area contributed by atoms with Gasteiger partial charge in [-0.15, -0.1) is 0 Å². The van der Waals surface area contributed by atoms with Gasteiger partial charge in [0.2, 0.25) is 6.23 Å². The molecule has 0 saturated carbocycles. The number of rotatable bonds is 5. The highest BCUT2D eigenvalue weighted by atomic mass is 79.9. The molecule has 5 rings (SSSR count). The van der Waals surface area contributed by atoms with Gasteiger partial charge in [0.05, 0.1) is 25.5 Å². The van der Waals surface area contributed by atoms with Crippen molar-refractivity contribution in [3.8, 4) is 17.2 Å². The van der Waals surface area contributed by atoms with Crippen LogP contribution >= 0.6 is 15.9 Å². The zero-order chi connectivity index (χ0) is 21.4. The van der Waals surface area contributed by atoms with Crippen LogP contribution in [-0.2, 0) is 0 Å². The predicted octanol–water partition coefficient (Wildman–Crippen LogP) is 6.10. The van der Waals surface area contributed by atoms with E-state index in [1.54, 1.807) is 7.11 Å². The Morgan fingerprint density at radius 1 is 1.10 bits per heavy atom. The number of hydrogen-bond donors (Lipinski definition) is 0. The molecule has 5 nitrogen and oxygen atoms in total. The second-order valence-electron chi connectivity index (χ2n) is 7.51. The molecular weight excluding hydrogens is 456 g/mol. The molecule has 31 heavy (non-hydrogen) atoms. The van der Waals surface area contributed by atoms with Gasteiger partial charge in [-0.2, -0.15) is 5.10 Å². The van der Waals surface area contributed by atoms with Gasteiger partial charge in [-0.05, 0) is 42.8 Å². The Morgan fingerprint density at radius 3 is 2.68 bits per heavy atom. The van der Waals surface area contributed by atoms with Crippen molar-refractivity contribution in [2.75, 3.05) is 13.7 Å². The molecule has 0 N–H and O–H groups in total. The number of fused-ring (bicyclic) bond motifs is 3. The molecule has 0 radical (unpaired) electrons. The molecule has 158 valence electrons. The Bertz CT molecular complexity index is 1130. The van der Waals surface area contributed by atoms with Crippen LogP contribution in [0.1, 0.15) is 42.3 Å².